The molecule has 3 atom stereocenters. The van der Waals surface area contributed by atoms with Gasteiger partial charge in [0.1, 0.15) is 0 Å². The van der Waals surface area contributed by atoms with Gasteiger partial charge in [-0.25, -0.2) is 0 Å². The van der Waals surface area contributed by atoms with Crippen LogP contribution in [-0.2, 0) is 5.41 Å². The molecule has 5 heteroatoms. The molecule has 0 radical (unpaired) electrons. The molecule has 0 amide bonds. The summed E-state index contributed by atoms with van der Waals surface area (Å²) in [6.07, 6.45) is 2.39. The number of benzene rings is 5. The molecule has 0 heterocycles. The topological polar surface area (TPSA) is 0 Å². The van der Waals surface area contributed by atoms with E-state index in [1.807, 2.05) is 24.3 Å². The zero-order chi connectivity index (χ0) is 27.9. The lowest BCUT2D eigenvalue weighted by Crippen LogP contribution is -2.42. The van der Waals surface area contributed by atoms with Gasteiger partial charge in [0.25, 0.3) is 0 Å². The molecule has 0 N–H and O–H groups in total. The van der Waals surface area contributed by atoms with E-state index in [4.69, 9.17) is 50.5 Å². The first kappa shape index (κ1) is 27.9. The summed E-state index contributed by atoms with van der Waals surface area (Å²) in [5.41, 5.74) is 7.49. The molecule has 0 aromatic heterocycles. The fourth-order valence-corrected chi connectivity index (χ4v) is 7.71. The van der Waals surface area contributed by atoms with Crippen molar-refractivity contribution in [2.24, 2.45) is 0 Å². The first-order chi connectivity index (χ1) is 19.4. The molecule has 0 spiro atoms. The molecule has 2 unspecified atom stereocenters. The van der Waals surface area contributed by atoms with Gasteiger partial charge in [-0.3, -0.25) is 0 Å². The van der Waals surface area contributed by atoms with Crippen molar-refractivity contribution in [2.75, 3.05) is 0 Å². The summed E-state index contributed by atoms with van der Waals surface area (Å²) in [4.78, 5) is 2.82. The van der Waals surface area contributed by atoms with Crippen molar-refractivity contribution < 1.29 is 0 Å². The van der Waals surface area contributed by atoms with Crippen LogP contribution in [0.5, 0.6) is 0 Å². The highest BCUT2D eigenvalue weighted by molar-refractivity contribution is 9.10. The molecule has 1 aliphatic carbocycles. The Labute approximate surface area is 266 Å². The Morgan fingerprint density at radius 2 is 1.18 bits per heavy atom. The van der Waals surface area contributed by atoms with Crippen LogP contribution in [0.15, 0.2) is 152 Å². The van der Waals surface area contributed by atoms with Crippen molar-refractivity contribution >= 4 is 66.4 Å². The van der Waals surface area contributed by atoms with Crippen molar-refractivity contribution in [2.45, 2.75) is 31.3 Å². The van der Waals surface area contributed by atoms with Crippen LogP contribution in [0, 0.1) is 0 Å². The summed E-state index contributed by atoms with van der Waals surface area (Å²) < 4.78 is 1.03. The Bertz CT molecular complexity index is 1730. The lowest BCUT2D eigenvalue weighted by Gasteiger charge is -2.47. The van der Waals surface area contributed by atoms with E-state index in [0.29, 0.717) is 0 Å². The number of halogens is 1. The van der Waals surface area contributed by atoms with E-state index >= 15 is 0 Å². The van der Waals surface area contributed by atoms with Crippen LogP contribution in [0.2, 0.25) is 0 Å². The first-order valence-corrected chi connectivity index (χ1v) is 15.7. The Morgan fingerprint density at radius 1 is 0.550 bits per heavy atom. The molecular weight excluding hydrogens is 629 g/mol. The van der Waals surface area contributed by atoms with Gasteiger partial charge in [-0.1, -0.05) is 107 Å². The molecule has 1 aliphatic rings. The highest BCUT2D eigenvalue weighted by atomic mass is 79.9. The van der Waals surface area contributed by atoms with Gasteiger partial charge in [-0.15, -0.1) is 37.9 Å². The second kappa shape index (κ2) is 11.5. The summed E-state index contributed by atoms with van der Waals surface area (Å²) in [5.74, 6) is 0.157. The Kier molecular flexibility index (Phi) is 8.04. The summed E-state index contributed by atoms with van der Waals surface area (Å²) in [6.45, 7) is 0. The van der Waals surface area contributed by atoms with E-state index in [0.717, 1.165) is 35.8 Å². The maximum Gasteiger partial charge on any atom is 0.0673 e. The predicted octanol–water partition coefficient (Wildman–Crippen LogP) is 10.3. The van der Waals surface area contributed by atoms with Crippen LogP contribution in [0.25, 0.3) is 11.1 Å². The maximum absolute atomic E-state index is 5.29. The minimum Gasteiger partial charge on any atom is -0.170 e. The fraction of sp³-hybridized carbons (Fsp3) is 0.0857. The normalized spacial score (nSPS) is 18.0. The zero-order valence-electron chi connectivity index (χ0n) is 21.4. The number of thiol groups is 4. The van der Waals surface area contributed by atoms with Gasteiger partial charge in [0.2, 0.25) is 0 Å². The van der Waals surface area contributed by atoms with Crippen LogP contribution < -0.4 is 0 Å². The molecule has 0 fully saturated rings. The lowest BCUT2D eigenvalue weighted by molar-refractivity contribution is 0.603. The van der Waals surface area contributed by atoms with Gasteiger partial charge in [-0.2, -0.15) is 12.6 Å². The molecule has 0 nitrogen and oxygen atoms in total. The van der Waals surface area contributed by atoms with Crippen molar-refractivity contribution in [3.8, 4) is 11.1 Å². The van der Waals surface area contributed by atoms with E-state index in [9.17, 15) is 0 Å². The number of rotatable bonds is 6. The molecule has 6 rings (SSSR count). The highest BCUT2D eigenvalue weighted by Crippen LogP contribution is 2.56. The molecule has 0 aliphatic heterocycles. The molecule has 40 heavy (non-hydrogen) atoms. The number of hydrogen-bond donors (Lipinski definition) is 4. The van der Waals surface area contributed by atoms with Crippen LogP contribution in [0.3, 0.4) is 0 Å². The third-order valence-corrected chi connectivity index (χ3v) is 10.1. The van der Waals surface area contributed by atoms with Crippen molar-refractivity contribution in [1.29, 1.82) is 0 Å². The minimum atomic E-state index is -0.582. The molecule has 0 saturated carbocycles. The molecule has 0 saturated heterocycles. The number of hydrogen-bond acceptors (Lipinski definition) is 4. The fourth-order valence-electron chi connectivity index (χ4n) is 5.93. The predicted molar refractivity (Wildman–Crippen MR) is 184 cm³/mol. The average molecular weight is 656 g/mol. The van der Waals surface area contributed by atoms with E-state index < -0.39 is 5.41 Å². The van der Waals surface area contributed by atoms with Crippen LogP contribution in [0.1, 0.15) is 28.2 Å². The summed E-state index contributed by atoms with van der Waals surface area (Å²) in [5, 5.41) is -0.0104. The second-order valence-electron chi connectivity index (χ2n) is 10.0. The second-order valence-corrected chi connectivity index (χ2v) is 12.9. The lowest BCUT2D eigenvalue weighted by atomic mass is 9.58. The van der Waals surface area contributed by atoms with Gasteiger partial charge in [0.15, 0.2) is 0 Å². The highest BCUT2D eigenvalue weighted by Gasteiger charge is 2.48. The molecule has 5 aromatic carbocycles. The largest absolute Gasteiger partial charge is 0.170 e. The molecular formula is C35H27BrS4. The monoisotopic (exact) mass is 654 g/mol. The van der Waals surface area contributed by atoms with Gasteiger partial charge >= 0.3 is 0 Å². The van der Waals surface area contributed by atoms with E-state index in [2.05, 4.69) is 119 Å². The average Bonchev–Trinajstić information content (AvgIpc) is 2.97. The Hall–Kier alpha value is -2.28. The van der Waals surface area contributed by atoms with Crippen LogP contribution >= 0.6 is 66.4 Å². The van der Waals surface area contributed by atoms with Crippen LogP contribution in [0.4, 0.5) is 0 Å². The third-order valence-electron chi connectivity index (χ3n) is 7.84. The van der Waals surface area contributed by atoms with Gasteiger partial charge in [0.05, 0.1) is 5.41 Å². The third kappa shape index (κ3) is 4.80. The van der Waals surface area contributed by atoms with Crippen LogP contribution in [-0.4, -0.2) is 5.25 Å². The van der Waals surface area contributed by atoms with Gasteiger partial charge in [-0.05, 0) is 75.4 Å². The van der Waals surface area contributed by atoms with E-state index in [-0.39, 0.29) is 11.2 Å². The first-order valence-electron chi connectivity index (χ1n) is 13.0. The molecule has 5 aromatic rings. The van der Waals surface area contributed by atoms with Crippen molar-refractivity contribution in [3.05, 3.63) is 160 Å². The summed E-state index contributed by atoms with van der Waals surface area (Å²) in [7, 11) is 0. The van der Waals surface area contributed by atoms with E-state index in [1.54, 1.807) is 0 Å². The quantitative estimate of drug-likeness (QED) is 0.0781. The van der Waals surface area contributed by atoms with Crippen molar-refractivity contribution in [1.82, 2.24) is 0 Å². The number of allylic oxidation sites excluding steroid dienone is 1. The van der Waals surface area contributed by atoms with E-state index in [1.165, 1.54) is 22.3 Å². The van der Waals surface area contributed by atoms with Crippen molar-refractivity contribution in [3.63, 3.8) is 0 Å². The minimum absolute atomic E-state index is 0.0104. The zero-order valence-corrected chi connectivity index (χ0v) is 26.6. The smallest absolute Gasteiger partial charge is 0.0673 e. The standard InChI is InChI=1S/C35H27BrS4/c36-25-12-8-11-23(19-25)35(22-9-2-1-3-10-22,30-21-29(34(30)40)27-14-5-7-16-32(27)38)24-17-18-33(39)28(20-24)26-13-4-6-15-31(26)37/h1-21,29,34,37-40H/t29?,34-,35?/m1/s1. The Balaban J connectivity index is 1.67. The van der Waals surface area contributed by atoms with Gasteiger partial charge in [0, 0.05) is 30.3 Å². The molecule has 0 bridgehead atoms. The SMILES string of the molecule is Sc1ccccc1-c1cc(C(C2=CC(c3ccccc3S)[C@H]2S)(c2ccccc2)c2cccc(Br)c2)ccc1S. The maximum atomic E-state index is 5.29. The summed E-state index contributed by atoms with van der Waals surface area (Å²) >= 11 is 23.5. The molecule has 198 valence electrons. The Morgan fingerprint density at radius 3 is 1.88 bits per heavy atom. The van der Waals surface area contributed by atoms with Gasteiger partial charge < -0.3 is 0 Å². The summed E-state index contributed by atoms with van der Waals surface area (Å²) in [6, 6.07) is 42.5.